The third-order valence-corrected chi connectivity index (χ3v) is 8.34. The molecule has 10 nitrogen and oxygen atoms in total. The largest absolute Gasteiger partial charge is 0.496 e. The Morgan fingerprint density at radius 2 is 1.60 bits per heavy atom. The maximum absolute atomic E-state index is 12.9. The van der Waals surface area contributed by atoms with E-state index in [0.717, 1.165) is 26.7 Å². The van der Waals surface area contributed by atoms with Gasteiger partial charge in [0.1, 0.15) is 21.5 Å². The van der Waals surface area contributed by atoms with Crippen LogP contribution in [-0.4, -0.2) is 44.3 Å². The van der Waals surface area contributed by atoms with Crippen molar-refractivity contribution in [3.8, 4) is 44.1 Å². The number of methoxy groups -OCH3 is 4. The van der Waals surface area contributed by atoms with Crippen LogP contribution in [0.4, 0.5) is 22.3 Å². The third kappa shape index (κ3) is 5.94. The molecule has 42 heavy (non-hydrogen) atoms. The van der Waals surface area contributed by atoms with Crippen molar-refractivity contribution in [2.45, 2.75) is 6.92 Å². The summed E-state index contributed by atoms with van der Waals surface area (Å²) in [4.78, 5) is 22.9. The van der Waals surface area contributed by atoms with Crippen LogP contribution in [0.2, 0.25) is 0 Å². The lowest BCUT2D eigenvalue weighted by molar-refractivity contribution is 0.102. The number of thiazole rings is 2. The van der Waals surface area contributed by atoms with Gasteiger partial charge in [-0.1, -0.05) is 29.5 Å². The molecule has 0 saturated heterocycles. The topological polar surface area (TPSA) is 130 Å². The first kappa shape index (κ1) is 28.7. The molecule has 2 heterocycles. The van der Waals surface area contributed by atoms with Crippen LogP contribution in [0.3, 0.4) is 0 Å². The molecular formula is C30H29N5O5S2. The highest BCUT2D eigenvalue weighted by atomic mass is 32.1. The Kier molecular flexibility index (Phi) is 8.46. The molecule has 0 spiro atoms. The first-order valence-electron chi connectivity index (χ1n) is 12.7. The summed E-state index contributed by atoms with van der Waals surface area (Å²) in [5.41, 5.74) is 10.7. The minimum atomic E-state index is -0.228. The first-order chi connectivity index (χ1) is 20.3. The smallest absolute Gasteiger partial charge is 0.255 e. The van der Waals surface area contributed by atoms with Crippen molar-refractivity contribution >= 4 is 50.9 Å². The van der Waals surface area contributed by atoms with E-state index in [1.165, 1.54) is 22.7 Å². The van der Waals surface area contributed by atoms with Crippen LogP contribution in [0.1, 0.15) is 15.9 Å². The zero-order chi connectivity index (χ0) is 29.8. The zero-order valence-corrected chi connectivity index (χ0v) is 25.2. The molecule has 1 amide bonds. The summed E-state index contributed by atoms with van der Waals surface area (Å²) in [5, 5.41) is 9.50. The number of nitrogens with zero attached hydrogens (tertiary/aromatic N) is 2. The van der Waals surface area contributed by atoms with Gasteiger partial charge in [-0.25, -0.2) is 9.97 Å². The second-order valence-electron chi connectivity index (χ2n) is 9.03. The SMILES string of the molecule is COc1cc(C(=O)Nc2cccc(-c3csc(-c4sc(Nc5cc(OC)c(OC)c(OC)c5)nc4N)n3)c2)ccc1C. The van der Waals surface area contributed by atoms with Crippen LogP contribution in [0.25, 0.3) is 21.1 Å². The number of hydrogen-bond donors (Lipinski definition) is 3. The fraction of sp³-hybridized carbons (Fsp3) is 0.167. The van der Waals surface area contributed by atoms with Crippen LogP contribution in [0.5, 0.6) is 23.0 Å². The summed E-state index contributed by atoms with van der Waals surface area (Å²) in [5.74, 6) is 2.34. The highest BCUT2D eigenvalue weighted by molar-refractivity contribution is 7.23. The number of aryl methyl sites for hydroxylation is 1. The monoisotopic (exact) mass is 603 g/mol. The predicted molar refractivity (Wildman–Crippen MR) is 168 cm³/mol. The summed E-state index contributed by atoms with van der Waals surface area (Å²) in [7, 11) is 6.26. The second kappa shape index (κ2) is 12.4. The molecule has 0 aliphatic carbocycles. The van der Waals surface area contributed by atoms with E-state index in [4.69, 9.17) is 29.7 Å². The van der Waals surface area contributed by atoms with E-state index < -0.39 is 0 Å². The zero-order valence-electron chi connectivity index (χ0n) is 23.6. The quantitative estimate of drug-likeness (QED) is 0.157. The van der Waals surface area contributed by atoms with Gasteiger partial charge in [0.2, 0.25) is 5.75 Å². The van der Waals surface area contributed by atoms with E-state index in [1.807, 2.05) is 42.6 Å². The van der Waals surface area contributed by atoms with Crippen molar-refractivity contribution in [2.24, 2.45) is 0 Å². The van der Waals surface area contributed by atoms with Crippen LogP contribution >= 0.6 is 22.7 Å². The van der Waals surface area contributed by atoms with Crippen molar-refractivity contribution in [1.82, 2.24) is 9.97 Å². The summed E-state index contributed by atoms with van der Waals surface area (Å²) in [6, 6.07) is 16.5. The van der Waals surface area contributed by atoms with Crippen molar-refractivity contribution in [1.29, 1.82) is 0 Å². The van der Waals surface area contributed by atoms with Gasteiger partial charge in [0.15, 0.2) is 16.6 Å². The van der Waals surface area contributed by atoms with Crippen LogP contribution < -0.4 is 35.3 Å². The van der Waals surface area contributed by atoms with Gasteiger partial charge in [-0.2, -0.15) is 0 Å². The van der Waals surface area contributed by atoms with Crippen molar-refractivity contribution in [2.75, 3.05) is 44.8 Å². The highest BCUT2D eigenvalue weighted by Gasteiger charge is 2.18. The summed E-state index contributed by atoms with van der Waals surface area (Å²) in [6.07, 6.45) is 0. The highest BCUT2D eigenvalue weighted by Crippen LogP contribution is 2.43. The number of carbonyl (C=O) groups excluding carboxylic acids is 1. The van der Waals surface area contributed by atoms with Gasteiger partial charge in [0.25, 0.3) is 5.91 Å². The number of anilines is 4. The normalized spacial score (nSPS) is 10.7. The second-order valence-corrected chi connectivity index (χ2v) is 10.9. The number of benzene rings is 3. The summed E-state index contributed by atoms with van der Waals surface area (Å²) < 4.78 is 21.6. The van der Waals surface area contributed by atoms with E-state index in [9.17, 15) is 4.79 Å². The molecule has 0 bridgehead atoms. The molecular weight excluding hydrogens is 574 g/mol. The van der Waals surface area contributed by atoms with Crippen LogP contribution in [-0.2, 0) is 0 Å². The summed E-state index contributed by atoms with van der Waals surface area (Å²) >= 11 is 2.85. The Morgan fingerprint density at radius 1 is 0.857 bits per heavy atom. The van der Waals surface area contributed by atoms with E-state index in [-0.39, 0.29) is 5.91 Å². The molecule has 0 unspecified atom stereocenters. The number of amides is 1. The average molecular weight is 604 g/mol. The Labute approximate surface area is 251 Å². The Balaban J connectivity index is 1.34. The molecule has 2 aromatic heterocycles. The molecule has 0 fully saturated rings. The van der Waals surface area contributed by atoms with Gasteiger partial charge in [0, 0.05) is 40.0 Å². The van der Waals surface area contributed by atoms with Gasteiger partial charge in [-0.3, -0.25) is 4.79 Å². The maximum Gasteiger partial charge on any atom is 0.255 e. The lowest BCUT2D eigenvalue weighted by atomic mass is 10.1. The molecule has 0 atom stereocenters. The number of rotatable bonds is 10. The fourth-order valence-corrected chi connectivity index (χ4v) is 6.08. The van der Waals surface area contributed by atoms with Crippen LogP contribution in [0, 0.1) is 6.92 Å². The minimum absolute atomic E-state index is 0.228. The number of nitrogens with one attached hydrogen (secondary N) is 2. The van der Waals surface area contributed by atoms with E-state index in [1.54, 1.807) is 52.7 Å². The number of aromatic nitrogens is 2. The molecule has 0 aliphatic heterocycles. The maximum atomic E-state index is 12.9. The van der Waals surface area contributed by atoms with Gasteiger partial charge in [-0.05, 0) is 36.8 Å². The average Bonchev–Trinajstić information content (AvgIpc) is 3.63. The standard InChI is InChI=1S/C30H29N5O5S2/c1-16-9-10-18(12-22(16)37-2)28(36)32-19-8-6-7-17(11-19)21-15-41-29(34-21)26-27(31)35-30(42-26)33-20-13-23(38-3)25(40-5)24(14-20)39-4/h6-15H,31H2,1-5H3,(H,32,36)(H,33,35). The van der Waals surface area contributed by atoms with Gasteiger partial charge < -0.3 is 35.3 Å². The first-order valence-corrected chi connectivity index (χ1v) is 14.4. The minimum Gasteiger partial charge on any atom is -0.496 e. The van der Waals surface area contributed by atoms with Crippen molar-refractivity contribution < 1.29 is 23.7 Å². The van der Waals surface area contributed by atoms with E-state index >= 15 is 0 Å². The summed E-state index contributed by atoms with van der Waals surface area (Å²) in [6.45, 7) is 1.93. The molecule has 4 N–H and O–H groups in total. The van der Waals surface area contributed by atoms with Crippen molar-refractivity contribution in [3.05, 3.63) is 71.1 Å². The number of carbonyl (C=O) groups is 1. The van der Waals surface area contributed by atoms with Crippen molar-refractivity contribution in [3.63, 3.8) is 0 Å². The molecule has 0 aliphatic rings. The predicted octanol–water partition coefficient (Wildman–Crippen LogP) is 6.85. The number of hydrogen-bond acceptors (Lipinski definition) is 11. The third-order valence-electron chi connectivity index (χ3n) is 6.35. The Morgan fingerprint density at radius 3 is 2.29 bits per heavy atom. The molecule has 5 aromatic rings. The Hall–Kier alpha value is -4.81. The Bertz CT molecular complexity index is 1720. The van der Waals surface area contributed by atoms with E-state index in [2.05, 4.69) is 15.6 Å². The van der Waals surface area contributed by atoms with Gasteiger partial charge in [0.05, 0.1) is 34.1 Å². The molecule has 216 valence electrons. The number of nitrogen functional groups attached to an aromatic ring is 1. The lowest BCUT2D eigenvalue weighted by Crippen LogP contribution is -2.12. The van der Waals surface area contributed by atoms with Gasteiger partial charge >= 0.3 is 0 Å². The molecule has 3 aromatic carbocycles. The fourth-order valence-electron chi connectivity index (χ4n) is 4.25. The molecule has 0 saturated carbocycles. The van der Waals surface area contributed by atoms with Crippen LogP contribution in [0.15, 0.2) is 60.0 Å². The van der Waals surface area contributed by atoms with Gasteiger partial charge in [-0.15, -0.1) is 11.3 Å². The lowest BCUT2D eigenvalue weighted by Gasteiger charge is -2.14. The molecule has 12 heteroatoms. The van der Waals surface area contributed by atoms with E-state index in [0.29, 0.717) is 50.9 Å². The molecule has 5 rings (SSSR count). The number of ether oxygens (including phenoxy) is 4. The number of nitrogens with two attached hydrogens (primary N) is 1. The molecule has 0 radical (unpaired) electrons.